The number of aromatic hydroxyl groups is 1. The van der Waals surface area contributed by atoms with Gasteiger partial charge in [-0.05, 0) is 23.0 Å². The number of hydrogen-bond acceptors (Lipinski definition) is 3. The molecule has 0 unspecified atom stereocenters. The second kappa shape index (κ2) is 8.17. The fourth-order valence-electron chi connectivity index (χ4n) is 3.00. The third-order valence-corrected chi connectivity index (χ3v) is 4.66. The predicted octanol–water partition coefficient (Wildman–Crippen LogP) is 5.27. The van der Waals surface area contributed by atoms with Gasteiger partial charge in [-0.25, -0.2) is 5.43 Å². The van der Waals surface area contributed by atoms with Crippen LogP contribution in [0.4, 0.5) is 0 Å². The zero-order valence-electron chi connectivity index (χ0n) is 18.1. The number of nitrogens with zero attached hydrogens (tertiary/aromatic N) is 1. The van der Waals surface area contributed by atoms with E-state index < -0.39 is 0 Å². The van der Waals surface area contributed by atoms with Gasteiger partial charge in [-0.2, -0.15) is 5.10 Å². The predicted molar refractivity (Wildman–Crippen MR) is 116 cm³/mol. The lowest BCUT2D eigenvalue weighted by atomic mass is 9.77. The highest BCUT2D eigenvalue weighted by atomic mass is 16.3. The Bertz CT molecular complexity index is 835. The minimum atomic E-state index is -0.242. The number of carbonyl (C=O) groups excluding carboxylic acids is 1. The molecule has 0 bridgehead atoms. The minimum Gasteiger partial charge on any atom is -0.507 e. The molecule has 0 radical (unpaired) electrons. The van der Waals surface area contributed by atoms with Crippen molar-refractivity contribution in [3.8, 4) is 5.75 Å². The number of hydrazone groups is 1. The Balaban J connectivity index is 2.77. The van der Waals surface area contributed by atoms with E-state index in [1.807, 2.05) is 42.5 Å². The van der Waals surface area contributed by atoms with Gasteiger partial charge < -0.3 is 5.11 Å². The van der Waals surface area contributed by atoms with Crippen molar-refractivity contribution in [3.05, 3.63) is 64.7 Å². The Labute approximate surface area is 168 Å². The lowest BCUT2D eigenvalue weighted by Crippen LogP contribution is -2.22. The van der Waals surface area contributed by atoms with Gasteiger partial charge in [-0.3, -0.25) is 4.79 Å². The summed E-state index contributed by atoms with van der Waals surface area (Å²) >= 11 is 0. The molecule has 1 amide bonds. The highest BCUT2D eigenvalue weighted by Crippen LogP contribution is 2.40. The van der Waals surface area contributed by atoms with Crippen molar-refractivity contribution >= 4 is 11.6 Å². The lowest BCUT2D eigenvalue weighted by molar-refractivity contribution is -0.120. The molecule has 4 nitrogen and oxygen atoms in total. The Hall–Kier alpha value is -2.62. The van der Waals surface area contributed by atoms with Gasteiger partial charge in [0, 0.05) is 28.7 Å². The van der Waals surface area contributed by atoms with Crippen molar-refractivity contribution in [1.82, 2.24) is 5.43 Å². The van der Waals surface area contributed by atoms with Crippen molar-refractivity contribution in [1.29, 1.82) is 0 Å². The van der Waals surface area contributed by atoms with Gasteiger partial charge in [-0.1, -0.05) is 78.8 Å². The molecule has 0 aliphatic heterocycles. The topological polar surface area (TPSA) is 61.7 Å². The number of nitrogens with one attached hydrogen (secondary N) is 1. The van der Waals surface area contributed by atoms with Gasteiger partial charge in [0.1, 0.15) is 5.75 Å². The van der Waals surface area contributed by atoms with Gasteiger partial charge in [0.15, 0.2) is 0 Å². The normalized spacial score (nSPS) is 12.8. The van der Waals surface area contributed by atoms with Crippen molar-refractivity contribution in [2.24, 2.45) is 5.10 Å². The highest BCUT2D eigenvalue weighted by molar-refractivity contribution is 6.13. The van der Waals surface area contributed by atoms with Crippen LogP contribution in [0.15, 0.2) is 47.6 Å². The maximum Gasteiger partial charge on any atom is 0.239 e. The number of phenols is 1. The van der Waals surface area contributed by atoms with Crippen LogP contribution in [0.1, 0.15) is 77.1 Å². The van der Waals surface area contributed by atoms with Crippen LogP contribution in [0.2, 0.25) is 0 Å². The van der Waals surface area contributed by atoms with E-state index in [4.69, 9.17) is 0 Å². The summed E-state index contributed by atoms with van der Waals surface area (Å²) in [5.41, 5.74) is 6.34. The number of benzene rings is 2. The maximum atomic E-state index is 11.8. The largest absolute Gasteiger partial charge is 0.507 e. The molecule has 0 spiro atoms. The van der Waals surface area contributed by atoms with E-state index in [0.29, 0.717) is 17.9 Å². The zero-order valence-corrected chi connectivity index (χ0v) is 18.1. The number of amides is 1. The van der Waals surface area contributed by atoms with Gasteiger partial charge in [0.05, 0.1) is 5.71 Å². The molecule has 150 valence electrons. The third kappa shape index (κ3) is 5.00. The standard InChI is InChI=1S/C24H32N2O2/c1-8-20(27)25-26-21(16-12-10-9-11-13-16)17-14-18(23(2,3)4)22(28)19(15-17)24(5,6)7/h9-15,28H,8H2,1-7H3,(H,25,27). The van der Waals surface area contributed by atoms with Gasteiger partial charge >= 0.3 is 0 Å². The van der Waals surface area contributed by atoms with Crippen molar-refractivity contribution in [2.75, 3.05) is 0 Å². The maximum absolute atomic E-state index is 11.8. The molecule has 0 fully saturated rings. The first kappa shape index (κ1) is 21.7. The molecular weight excluding hydrogens is 348 g/mol. The summed E-state index contributed by atoms with van der Waals surface area (Å²) in [5, 5.41) is 15.4. The van der Waals surface area contributed by atoms with E-state index in [2.05, 4.69) is 52.1 Å². The van der Waals surface area contributed by atoms with Crippen molar-refractivity contribution in [3.63, 3.8) is 0 Å². The molecule has 4 heteroatoms. The number of carbonyl (C=O) groups is 1. The molecule has 0 atom stereocenters. The van der Waals surface area contributed by atoms with Gasteiger partial charge in [-0.15, -0.1) is 0 Å². The zero-order chi connectivity index (χ0) is 21.1. The molecule has 2 aromatic rings. The molecule has 0 saturated carbocycles. The van der Waals surface area contributed by atoms with E-state index in [9.17, 15) is 9.90 Å². The van der Waals surface area contributed by atoms with Crippen LogP contribution >= 0.6 is 0 Å². The van der Waals surface area contributed by atoms with Crippen LogP contribution in [0.5, 0.6) is 5.75 Å². The Morgan fingerprint density at radius 1 is 0.929 bits per heavy atom. The molecular formula is C24H32N2O2. The summed E-state index contributed by atoms with van der Waals surface area (Å²) in [6.45, 7) is 14.3. The summed E-state index contributed by atoms with van der Waals surface area (Å²) in [6, 6.07) is 13.7. The lowest BCUT2D eigenvalue weighted by Gasteiger charge is -2.28. The molecule has 0 aromatic heterocycles. The van der Waals surface area contributed by atoms with Gasteiger partial charge in [0.25, 0.3) is 0 Å². The Kier molecular flexibility index (Phi) is 6.33. The average Bonchev–Trinajstić information content (AvgIpc) is 2.61. The van der Waals surface area contributed by atoms with E-state index in [1.165, 1.54) is 0 Å². The number of phenolic OH excluding ortho intramolecular Hbond substituents is 1. The molecule has 0 aliphatic carbocycles. The van der Waals surface area contributed by atoms with E-state index in [1.54, 1.807) is 6.92 Å². The fraction of sp³-hybridized carbons (Fsp3) is 0.417. The highest BCUT2D eigenvalue weighted by Gasteiger charge is 2.27. The summed E-state index contributed by atoms with van der Waals surface area (Å²) in [6.07, 6.45) is 0.363. The third-order valence-electron chi connectivity index (χ3n) is 4.66. The van der Waals surface area contributed by atoms with Crippen LogP contribution in [0.25, 0.3) is 0 Å². The fourth-order valence-corrected chi connectivity index (χ4v) is 3.00. The molecule has 2 aromatic carbocycles. The van der Waals surface area contributed by atoms with Gasteiger partial charge in [0.2, 0.25) is 5.91 Å². The number of rotatable bonds is 4. The summed E-state index contributed by atoms with van der Waals surface area (Å²) in [4.78, 5) is 11.8. The van der Waals surface area contributed by atoms with Crippen LogP contribution in [-0.2, 0) is 15.6 Å². The monoisotopic (exact) mass is 380 g/mol. The molecule has 2 rings (SSSR count). The molecule has 2 N–H and O–H groups in total. The smallest absolute Gasteiger partial charge is 0.239 e. The van der Waals surface area contributed by atoms with Crippen LogP contribution in [0.3, 0.4) is 0 Å². The minimum absolute atomic E-state index is 0.140. The average molecular weight is 381 g/mol. The van der Waals surface area contributed by atoms with Crippen molar-refractivity contribution < 1.29 is 9.90 Å². The van der Waals surface area contributed by atoms with Crippen LogP contribution < -0.4 is 5.43 Å². The molecule has 0 heterocycles. The van der Waals surface area contributed by atoms with E-state index in [-0.39, 0.29) is 16.7 Å². The summed E-state index contributed by atoms with van der Waals surface area (Å²) in [7, 11) is 0. The number of hydrogen-bond donors (Lipinski definition) is 2. The molecule has 0 saturated heterocycles. The van der Waals surface area contributed by atoms with E-state index in [0.717, 1.165) is 22.3 Å². The molecule has 0 aliphatic rings. The second-order valence-corrected chi connectivity index (χ2v) is 9.13. The Morgan fingerprint density at radius 2 is 1.43 bits per heavy atom. The first-order chi connectivity index (χ1) is 12.9. The molecule has 28 heavy (non-hydrogen) atoms. The summed E-state index contributed by atoms with van der Waals surface area (Å²) < 4.78 is 0. The van der Waals surface area contributed by atoms with E-state index >= 15 is 0 Å². The first-order valence-corrected chi connectivity index (χ1v) is 9.75. The quantitative estimate of drug-likeness (QED) is 0.561. The van der Waals surface area contributed by atoms with Crippen molar-refractivity contribution in [2.45, 2.75) is 65.7 Å². The Morgan fingerprint density at radius 3 is 1.86 bits per heavy atom. The van der Waals surface area contributed by atoms with Crippen LogP contribution in [-0.4, -0.2) is 16.7 Å². The second-order valence-electron chi connectivity index (χ2n) is 9.13. The SMILES string of the molecule is CCC(=O)NN=C(c1ccccc1)c1cc(C(C)(C)C)c(O)c(C(C)(C)C)c1. The summed E-state index contributed by atoms with van der Waals surface area (Å²) in [5.74, 6) is 0.188. The van der Waals surface area contributed by atoms with Crippen LogP contribution in [0, 0.1) is 0 Å². The first-order valence-electron chi connectivity index (χ1n) is 9.75.